The van der Waals surface area contributed by atoms with Gasteiger partial charge in [-0.2, -0.15) is 0 Å². The third kappa shape index (κ3) is 3.98. The van der Waals surface area contributed by atoms with Crippen LogP contribution in [-0.2, 0) is 0 Å². The van der Waals surface area contributed by atoms with Crippen molar-refractivity contribution >= 4 is 17.3 Å². The van der Waals surface area contributed by atoms with Crippen LogP contribution in [0.15, 0.2) is 18.2 Å². The molecule has 7 heteroatoms. The minimum absolute atomic E-state index is 0.0391. The van der Waals surface area contributed by atoms with Gasteiger partial charge in [-0.05, 0) is 30.9 Å². The Morgan fingerprint density at radius 3 is 2.65 bits per heavy atom. The van der Waals surface area contributed by atoms with Crippen molar-refractivity contribution < 1.29 is 14.8 Å². The van der Waals surface area contributed by atoms with E-state index in [1.54, 1.807) is 19.2 Å². The molecule has 1 aliphatic heterocycles. The van der Waals surface area contributed by atoms with Crippen LogP contribution in [0, 0.1) is 16.0 Å². The summed E-state index contributed by atoms with van der Waals surface area (Å²) in [6.07, 6.45) is 2.02. The van der Waals surface area contributed by atoms with E-state index in [1.807, 2.05) is 4.90 Å². The number of nitrogens with zero attached hydrogens (tertiary/aromatic N) is 3. The minimum Gasteiger partial charge on any atom is -0.395 e. The second-order valence-corrected chi connectivity index (χ2v) is 6.08. The summed E-state index contributed by atoms with van der Waals surface area (Å²) in [5.41, 5.74) is 0.799. The lowest BCUT2D eigenvalue weighted by molar-refractivity contribution is -0.384. The average molecular weight is 321 g/mol. The van der Waals surface area contributed by atoms with Crippen LogP contribution in [0.1, 0.15) is 30.1 Å². The van der Waals surface area contributed by atoms with E-state index in [0.717, 1.165) is 25.9 Å². The van der Waals surface area contributed by atoms with Crippen LogP contribution in [-0.4, -0.2) is 54.1 Å². The molecule has 0 aromatic heterocycles. The van der Waals surface area contributed by atoms with Gasteiger partial charge in [0.1, 0.15) is 5.69 Å². The first-order valence-corrected chi connectivity index (χ1v) is 7.83. The molecule has 0 unspecified atom stereocenters. The molecule has 1 amide bonds. The first kappa shape index (κ1) is 17.2. The Morgan fingerprint density at radius 1 is 1.43 bits per heavy atom. The number of amides is 1. The van der Waals surface area contributed by atoms with Crippen molar-refractivity contribution in [2.75, 3.05) is 38.2 Å². The van der Waals surface area contributed by atoms with Crippen molar-refractivity contribution in [3.05, 3.63) is 33.9 Å². The fraction of sp³-hybridized carbons (Fsp3) is 0.562. The molecule has 0 aliphatic carbocycles. The maximum Gasteiger partial charge on any atom is 0.293 e. The highest BCUT2D eigenvalue weighted by Gasteiger charge is 2.25. The fourth-order valence-electron chi connectivity index (χ4n) is 2.79. The van der Waals surface area contributed by atoms with Crippen LogP contribution >= 0.6 is 0 Å². The molecule has 7 nitrogen and oxygen atoms in total. The van der Waals surface area contributed by atoms with Crippen molar-refractivity contribution in [3.8, 4) is 0 Å². The molecule has 1 saturated heterocycles. The molecule has 1 aliphatic rings. The number of likely N-dealkylation sites (N-methyl/N-ethyl adjacent to an activating group) is 1. The Morgan fingerprint density at radius 2 is 2.09 bits per heavy atom. The van der Waals surface area contributed by atoms with Crippen molar-refractivity contribution in [1.29, 1.82) is 0 Å². The number of aliphatic hydroxyl groups is 1. The lowest BCUT2D eigenvalue weighted by Crippen LogP contribution is -2.33. The molecule has 0 spiro atoms. The van der Waals surface area contributed by atoms with Crippen LogP contribution in [0.2, 0.25) is 0 Å². The fourth-order valence-corrected chi connectivity index (χ4v) is 2.79. The third-order valence-corrected chi connectivity index (χ3v) is 4.33. The van der Waals surface area contributed by atoms with E-state index < -0.39 is 4.92 Å². The largest absolute Gasteiger partial charge is 0.395 e. The van der Waals surface area contributed by atoms with Gasteiger partial charge < -0.3 is 14.9 Å². The average Bonchev–Trinajstić information content (AvgIpc) is 2.54. The lowest BCUT2D eigenvalue weighted by atomic mass is 9.98. The topological polar surface area (TPSA) is 86.9 Å². The molecule has 1 fully saturated rings. The van der Waals surface area contributed by atoms with Gasteiger partial charge in [-0.1, -0.05) is 6.92 Å². The number of carbonyl (C=O) groups is 1. The van der Waals surface area contributed by atoms with Gasteiger partial charge in [0.25, 0.3) is 11.6 Å². The van der Waals surface area contributed by atoms with Crippen molar-refractivity contribution in [2.24, 2.45) is 5.92 Å². The van der Waals surface area contributed by atoms with Gasteiger partial charge in [-0.15, -0.1) is 0 Å². The first-order valence-electron chi connectivity index (χ1n) is 7.83. The van der Waals surface area contributed by atoms with Crippen molar-refractivity contribution in [1.82, 2.24) is 4.90 Å². The normalized spacial score (nSPS) is 15.5. The zero-order valence-electron chi connectivity index (χ0n) is 13.6. The van der Waals surface area contributed by atoms with E-state index in [0.29, 0.717) is 11.6 Å². The number of nitro benzene ring substituents is 1. The summed E-state index contributed by atoms with van der Waals surface area (Å²) in [5, 5.41) is 20.3. The molecular formula is C16H23N3O4. The van der Waals surface area contributed by atoms with Gasteiger partial charge in [0, 0.05) is 38.3 Å². The van der Waals surface area contributed by atoms with Gasteiger partial charge in [0.2, 0.25) is 0 Å². The van der Waals surface area contributed by atoms with Crippen LogP contribution in [0.3, 0.4) is 0 Å². The molecule has 126 valence electrons. The van der Waals surface area contributed by atoms with Crippen molar-refractivity contribution in [2.45, 2.75) is 19.8 Å². The second kappa shape index (κ2) is 7.41. The van der Waals surface area contributed by atoms with Crippen molar-refractivity contribution in [3.63, 3.8) is 0 Å². The Hall–Kier alpha value is -2.15. The maximum atomic E-state index is 12.2. The number of anilines is 1. The zero-order chi connectivity index (χ0) is 17.0. The molecular weight excluding hydrogens is 298 g/mol. The summed E-state index contributed by atoms with van der Waals surface area (Å²) in [7, 11) is 1.56. The minimum atomic E-state index is -0.434. The Labute approximate surface area is 135 Å². The molecule has 1 aromatic carbocycles. The second-order valence-electron chi connectivity index (χ2n) is 6.08. The summed E-state index contributed by atoms with van der Waals surface area (Å²) in [5.74, 6) is 0.305. The summed E-state index contributed by atoms with van der Waals surface area (Å²) >= 11 is 0. The number of hydrogen-bond acceptors (Lipinski definition) is 5. The van der Waals surface area contributed by atoms with Gasteiger partial charge >= 0.3 is 0 Å². The third-order valence-electron chi connectivity index (χ3n) is 4.33. The number of benzene rings is 1. The monoisotopic (exact) mass is 321 g/mol. The maximum absolute atomic E-state index is 12.2. The quantitative estimate of drug-likeness (QED) is 0.661. The SMILES string of the molecule is CC1CCN(c2ccc(C(=O)N(C)CCO)cc2[N+](=O)[O-])CC1. The molecule has 23 heavy (non-hydrogen) atoms. The number of piperidine rings is 1. The van der Waals surface area contributed by atoms with E-state index >= 15 is 0 Å². The Balaban J connectivity index is 2.28. The van der Waals surface area contributed by atoms with E-state index in [4.69, 9.17) is 5.11 Å². The van der Waals surface area contributed by atoms with E-state index in [2.05, 4.69) is 6.92 Å². The Kier molecular flexibility index (Phi) is 5.54. The van der Waals surface area contributed by atoms with E-state index in [1.165, 1.54) is 11.0 Å². The molecule has 2 rings (SSSR count). The zero-order valence-corrected chi connectivity index (χ0v) is 13.6. The summed E-state index contributed by atoms with van der Waals surface area (Å²) in [6.45, 7) is 3.82. The first-order chi connectivity index (χ1) is 10.9. The molecule has 1 aromatic rings. The number of aliphatic hydroxyl groups excluding tert-OH is 1. The molecule has 0 radical (unpaired) electrons. The molecule has 1 heterocycles. The predicted octanol–water partition coefficient (Wildman–Crippen LogP) is 1.90. The van der Waals surface area contributed by atoms with Gasteiger partial charge in [-0.3, -0.25) is 14.9 Å². The number of hydrogen-bond donors (Lipinski definition) is 1. The molecule has 0 atom stereocenters. The van der Waals surface area contributed by atoms with Crippen LogP contribution in [0.4, 0.5) is 11.4 Å². The van der Waals surface area contributed by atoms with Crippen LogP contribution in [0.5, 0.6) is 0 Å². The van der Waals surface area contributed by atoms with Gasteiger partial charge in [0.05, 0.1) is 11.5 Å². The standard InChI is InChI=1S/C16H23N3O4/c1-12-5-7-18(8-6-12)14-4-3-13(11-15(14)19(22)23)16(21)17(2)9-10-20/h3-4,11-12,20H,5-10H2,1-2H3. The number of carbonyl (C=O) groups excluding carboxylic acids is 1. The summed E-state index contributed by atoms with van der Waals surface area (Å²) in [4.78, 5) is 26.6. The summed E-state index contributed by atoms with van der Waals surface area (Å²) in [6, 6.07) is 4.62. The number of rotatable bonds is 5. The van der Waals surface area contributed by atoms with E-state index in [-0.39, 0.29) is 30.3 Å². The highest BCUT2D eigenvalue weighted by atomic mass is 16.6. The predicted molar refractivity (Wildman–Crippen MR) is 87.8 cm³/mol. The highest BCUT2D eigenvalue weighted by Crippen LogP contribution is 2.32. The Bertz CT molecular complexity index is 583. The molecule has 0 saturated carbocycles. The van der Waals surface area contributed by atoms with Crippen LogP contribution < -0.4 is 4.90 Å². The summed E-state index contributed by atoms with van der Waals surface area (Å²) < 4.78 is 0. The van der Waals surface area contributed by atoms with Gasteiger partial charge in [-0.25, -0.2) is 0 Å². The smallest absolute Gasteiger partial charge is 0.293 e. The molecule has 1 N–H and O–H groups in total. The lowest BCUT2D eigenvalue weighted by Gasteiger charge is -2.31. The van der Waals surface area contributed by atoms with Crippen LogP contribution in [0.25, 0.3) is 0 Å². The van der Waals surface area contributed by atoms with Gasteiger partial charge in [0.15, 0.2) is 0 Å². The number of nitro groups is 1. The van der Waals surface area contributed by atoms with E-state index in [9.17, 15) is 14.9 Å². The highest BCUT2D eigenvalue weighted by molar-refractivity contribution is 5.95. The molecule has 0 bridgehead atoms.